The lowest BCUT2D eigenvalue weighted by Crippen LogP contribution is -2.66. The first-order chi connectivity index (χ1) is 17.5. The van der Waals surface area contributed by atoms with Crippen molar-refractivity contribution < 1.29 is 14.0 Å². The Balaban J connectivity index is 1.64. The molecule has 37 heavy (non-hydrogen) atoms. The maximum atomic E-state index is 12.5. The minimum Gasteiger partial charge on any atom is -0.465 e. The van der Waals surface area contributed by atoms with Gasteiger partial charge in [0.25, 0.3) is 8.32 Å². The minimum atomic E-state index is -2.60. The highest BCUT2D eigenvalue weighted by Crippen LogP contribution is 2.50. The third-order valence-electron chi connectivity index (χ3n) is 8.23. The number of hydrogen-bond donors (Lipinski definition) is 0. The first-order valence-corrected chi connectivity index (χ1v) is 15.7. The number of carbonyl (C=O) groups is 1. The first kappa shape index (κ1) is 27.6. The van der Waals surface area contributed by atoms with Gasteiger partial charge in [-0.3, -0.25) is 4.79 Å². The predicted octanol–water partition coefficient (Wildman–Crippen LogP) is 6.68. The largest absolute Gasteiger partial charge is 0.465 e. The van der Waals surface area contributed by atoms with Crippen LogP contribution in [-0.2, 0) is 14.0 Å². The zero-order valence-corrected chi connectivity index (χ0v) is 24.6. The quantitative estimate of drug-likeness (QED) is 0.223. The summed E-state index contributed by atoms with van der Waals surface area (Å²) in [4.78, 5) is 12.5. The molecule has 4 rings (SSSR count). The SMILES string of the molecule is C=C[C@H]1CCC2=C1[C@@H](COC(=O)C(C)(C)C)C[C@H]2CO[Si](c1ccccc1)(c1ccccc1)C(C)(C)C. The number of allylic oxidation sites excluding steroid dienone is 1. The minimum absolute atomic E-state index is 0.0491. The van der Waals surface area contributed by atoms with Gasteiger partial charge < -0.3 is 9.16 Å². The number of esters is 1. The lowest BCUT2D eigenvalue weighted by Gasteiger charge is -2.43. The summed E-state index contributed by atoms with van der Waals surface area (Å²) in [6.45, 7) is 18.0. The van der Waals surface area contributed by atoms with Gasteiger partial charge in [0.2, 0.25) is 0 Å². The molecule has 4 heteroatoms. The Morgan fingerprint density at radius 1 is 0.919 bits per heavy atom. The van der Waals surface area contributed by atoms with Crippen molar-refractivity contribution in [2.45, 2.75) is 65.8 Å². The van der Waals surface area contributed by atoms with E-state index in [4.69, 9.17) is 9.16 Å². The summed E-state index contributed by atoms with van der Waals surface area (Å²) >= 11 is 0. The molecule has 0 amide bonds. The molecule has 2 aliphatic rings. The van der Waals surface area contributed by atoms with Crippen molar-refractivity contribution in [2.24, 2.45) is 23.2 Å². The van der Waals surface area contributed by atoms with E-state index in [2.05, 4.69) is 94.1 Å². The van der Waals surface area contributed by atoms with Crippen LogP contribution in [0, 0.1) is 23.2 Å². The molecule has 198 valence electrons. The van der Waals surface area contributed by atoms with Gasteiger partial charge in [0.05, 0.1) is 12.0 Å². The van der Waals surface area contributed by atoms with Crippen LogP contribution < -0.4 is 10.4 Å². The monoisotopic (exact) mass is 516 g/mol. The highest BCUT2D eigenvalue weighted by Gasteiger charge is 2.51. The average molecular weight is 517 g/mol. The lowest BCUT2D eigenvalue weighted by atomic mass is 9.90. The summed E-state index contributed by atoms with van der Waals surface area (Å²) in [5.41, 5.74) is 2.50. The Morgan fingerprint density at radius 2 is 1.49 bits per heavy atom. The molecular weight excluding hydrogens is 472 g/mol. The summed E-state index contributed by atoms with van der Waals surface area (Å²) in [5, 5.41) is 2.57. The van der Waals surface area contributed by atoms with Gasteiger partial charge in [0.15, 0.2) is 0 Å². The molecular formula is C33H44O3Si. The molecule has 0 spiro atoms. The summed E-state index contributed by atoms with van der Waals surface area (Å²) in [5.74, 6) is 0.848. The average Bonchev–Trinajstić information content (AvgIpc) is 3.43. The molecule has 2 aliphatic carbocycles. The Morgan fingerprint density at radius 3 is 1.97 bits per heavy atom. The van der Waals surface area contributed by atoms with E-state index in [1.165, 1.54) is 21.5 Å². The van der Waals surface area contributed by atoms with Crippen LogP contribution in [0.5, 0.6) is 0 Å². The van der Waals surface area contributed by atoms with E-state index in [1.54, 1.807) is 0 Å². The van der Waals surface area contributed by atoms with Crippen molar-refractivity contribution in [3.63, 3.8) is 0 Å². The normalized spacial score (nSPS) is 22.2. The first-order valence-electron chi connectivity index (χ1n) is 13.8. The molecule has 0 N–H and O–H groups in total. The maximum Gasteiger partial charge on any atom is 0.311 e. The highest BCUT2D eigenvalue weighted by atomic mass is 28.4. The van der Waals surface area contributed by atoms with Crippen molar-refractivity contribution in [2.75, 3.05) is 13.2 Å². The Labute approximate surface area is 225 Å². The van der Waals surface area contributed by atoms with Crippen molar-refractivity contribution in [1.82, 2.24) is 0 Å². The molecule has 0 saturated heterocycles. The smallest absolute Gasteiger partial charge is 0.311 e. The molecule has 0 radical (unpaired) electrons. The fraction of sp³-hybridized carbons (Fsp3) is 0.485. The van der Waals surface area contributed by atoms with Gasteiger partial charge in [-0.15, -0.1) is 6.58 Å². The van der Waals surface area contributed by atoms with Gasteiger partial charge in [0.1, 0.15) is 0 Å². The number of rotatable bonds is 8. The lowest BCUT2D eigenvalue weighted by molar-refractivity contribution is -0.154. The van der Waals surface area contributed by atoms with E-state index in [-0.39, 0.29) is 16.9 Å². The van der Waals surface area contributed by atoms with Crippen molar-refractivity contribution in [3.05, 3.63) is 84.5 Å². The van der Waals surface area contributed by atoms with Gasteiger partial charge >= 0.3 is 5.97 Å². The molecule has 0 heterocycles. The second-order valence-corrected chi connectivity index (χ2v) is 17.1. The Bertz CT molecular complexity index is 1080. The van der Waals surface area contributed by atoms with Crippen LogP contribution in [0.4, 0.5) is 0 Å². The molecule has 2 aromatic rings. The van der Waals surface area contributed by atoms with E-state index in [1.807, 2.05) is 20.8 Å². The molecule has 0 fully saturated rings. The zero-order chi connectivity index (χ0) is 26.8. The number of carbonyl (C=O) groups excluding carboxylic acids is 1. The van der Waals surface area contributed by atoms with Crippen LogP contribution in [0.1, 0.15) is 60.8 Å². The molecule has 0 aromatic heterocycles. The van der Waals surface area contributed by atoms with Crippen molar-refractivity contribution in [3.8, 4) is 0 Å². The number of ether oxygens (including phenoxy) is 1. The van der Waals surface area contributed by atoms with E-state index in [0.717, 1.165) is 19.3 Å². The molecule has 0 unspecified atom stereocenters. The fourth-order valence-corrected chi connectivity index (χ4v) is 11.0. The summed E-state index contributed by atoms with van der Waals surface area (Å²) in [7, 11) is -2.60. The summed E-state index contributed by atoms with van der Waals surface area (Å²) in [6, 6.07) is 21.7. The van der Waals surface area contributed by atoms with Crippen LogP contribution in [0.25, 0.3) is 0 Å². The standard InChI is InChI=1S/C33H44O3Si/c1-8-24-19-20-29-25(21-26(30(24)29)22-35-31(34)32(2,3)4)23-36-37(33(5,6)7,27-15-11-9-12-16-27)28-17-13-10-14-18-28/h8-18,24-26H,1,19-23H2,2-7H3/t24-,25-,26+/m0/s1. The van der Waals surface area contributed by atoms with Gasteiger partial charge in [-0.05, 0) is 61.4 Å². The summed E-state index contributed by atoms with van der Waals surface area (Å²) in [6.07, 6.45) is 5.26. The molecule has 0 aliphatic heterocycles. The topological polar surface area (TPSA) is 35.5 Å². The van der Waals surface area contributed by atoms with E-state index >= 15 is 0 Å². The molecule has 0 bridgehead atoms. The molecule has 3 nitrogen and oxygen atoms in total. The van der Waals surface area contributed by atoms with Gasteiger partial charge in [0, 0.05) is 18.4 Å². The van der Waals surface area contributed by atoms with Crippen LogP contribution in [0.3, 0.4) is 0 Å². The second-order valence-electron chi connectivity index (χ2n) is 12.8. The maximum absolute atomic E-state index is 12.5. The zero-order valence-electron chi connectivity index (χ0n) is 23.6. The third kappa shape index (κ3) is 5.42. The van der Waals surface area contributed by atoms with Crippen LogP contribution in [0.15, 0.2) is 84.5 Å². The molecule has 2 aromatic carbocycles. The van der Waals surface area contributed by atoms with Crippen molar-refractivity contribution in [1.29, 1.82) is 0 Å². The van der Waals surface area contributed by atoms with Crippen LogP contribution in [0.2, 0.25) is 5.04 Å². The van der Waals surface area contributed by atoms with E-state index in [0.29, 0.717) is 25.0 Å². The Kier molecular flexibility index (Phi) is 8.01. The molecule has 0 saturated carbocycles. The third-order valence-corrected chi connectivity index (χ3v) is 13.2. The van der Waals surface area contributed by atoms with Crippen LogP contribution >= 0.6 is 0 Å². The van der Waals surface area contributed by atoms with E-state index < -0.39 is 13.7 Å². The van der Waals surface area contributed by atoms with Gasteiger partial charge in [-0.25, -0.2) is 0 Å². The predicted molar refractivity (Wildman–Crippen MR) is 156 cm³/mol. The fourth-order valence-electron chi connectivity index (χ4n) is 6.42. The van der Waals surface area contributed by atoms with Crippen molar-refractivity contribution >= 4 is 24.7 Å². The number of hydrogen-bond acceptors (Lipinski definition) is 3. The highest BCUT2D eigenvalue weighted by molar-refractivity contribution is 6.99. The second kappa shape index (κ2) is 10.7. The van der Waals surface area contributed by atoms with Crippen LogP contribution in [-0.4, -0.2) is 27.5 Å². The van der Waals surface area contributed by atoms with Gasteiger partial charge in [-0.1, -0.05) is 98.7 Å². The molecule has 3 atom stereocenters. The summed E-state index contributed by atoms with van der Waals surface area (Å²) < 4.78 is 13.2. The van der Waals surface area contributed by atoms with Gasteiger partial charge in [-0.2, -0.15) is 0 Å². The Hall–Kier alpha value is -2.43. The van der Waals surface area contributed by atoms with E-state index in [9.17, 15) is 4.79 Å². The number of benzene rings is 2.